The van der Waals surface area contributed by atoms with Gasteiger partial charge < -0.3 is 14.4 Å². The summed E-state index contributed by atoms with van der Waals surface area (Å²) in [6.07, 6.45) is 0.311. The van der Waals surface area contributed by atoms with Crippen LogP contribution in [0.15, 0.2) is 18.2 Å². The highest BCUT2D eigenvalue weighted by molar-refractivity contribution is 5.83. The smallest absolute Gasteiger partial charge is 0.234 e. The highest BCUT2D eigenvalue weighted by Crippen LogP contribution is 2.32. The second-order valence-corrected chi connectivity index (χ2v) is 6.27. The lowest BCUT2D eigenvalue weighted by molar-refractivity contribution is -0.135. The maximum atomic E-state index is 12.2. The number of hydrogen-bond acceptors (Lipinski definition) is 6. The van der Waals surface area contributed by atoms with Crippen LogP contribution in [0.1, 0.15) is 31.4 Å². The number of amides is 2. The molecule has 1 atom stereocenters. The van der Waals surface area contributed by atoms with Crippen molar-refractivity contribution < 1.29 is 19.1 Å². The zero-order valence-corrected chi connectivity index (χ0v) is 15.7. The minimum absolute atomic E-state index is 0.00739. The average Bonchev–Trinajstić information content (AvgIpc) is 2.70. The van der Waals surface area contributed by atoms with Crippen LogP contribution in [0, 0.1) is 0 Å². The summed E-state index contributed by atoms with van der Waals surface area (Å²) in [4.78, 5) is 27.5. The maximum absolute atomic E-state index is 12.2. The number of piperazine rings is 1. The molecule has 0 bridgehead atoms. The Hall–Kier alpha value is -2.32. The molecule has 8 nitrogen and oxygen atoms in total. The molecule has 1 aliphatic heterocycles. The fourth-order valence-electron chi connectivity index (χ4n) is 3.13. The molecule has 0 saturated carbocycles. The minimum atomic E-state index is -0.320. The Kier molecular flexibility index (Phi) is 7.23. The predicted molar refractivity (Wildman–Crippen MR) is 97.7 cm³/mol. The summed E-state index contributed by atoms with van der Waals surface area (Å²) in [6.45, 7) is 5.01. The third-order valence-corrected chi connectivity index (χ3v) is 4.83. The molecule has 26 heavy (non-hydrogen) atoms. The summed E-state index contributed by atoms with van der Waals surface area (Å²) >= 11 is 0. The maximum Gasteiger partial charge on any atom is 0.234 e. The van der Waals surface area contributed by atoms with Crippen LogP contribution in [0.2, 0.25) is 0 Å². The van der Waals surface area contributed by atoms with Crippen molar-refractivity contribution >= 4 is 11.8 Å². The van der Waals surface area contributed by atoms with E-state index in [9.17, 15) is 9.59 Å². The van der Waals surface area contributed by atoms with Crippen molar-refractivity contribution in [3.63, 3.8) is 0 Å². The van der Waals surface area contributed by atoms with E-state index in [4.69, 9.17) is 15.3 Å². The number of ether oxygens (including phenoxy) is 2. The summed E-state index contributed by atoms with van der Waals surface area (Å²) in [5.74, 6) is 6.13. The van der Waals surface area contributed by atoms with Gasteiger partial charge in [-0.1, -0.05) is 6.07 Å². The van der Waals surface area contributed by atoms with Gasteiger partial charge in [-0.05, 0) is 24.6 Å². The number of nitrogens with one attached hydrogen (secondary N) is 1. The molecule has 8 heteroatoms. The summed E-state index contributed by atoms with van der Waals surface area (Å²) in [5, 5.41) is 0. The number of carbonyl (C=O) groups excluding carboxylic acids is 2. The highest BCUT2D eigenvalue weighted by Gasteiger charge is 2.25. The lowest BCUT2D eigenvalue weighted by Gasteiger charge is -2.38. The first kappa shape index (κ1) is 20.0. The van der Waals surface area contributed by atoms with Crippen LogP contribution >= 0.6 is 0 Å². The van der Waals surface area contributed by atoms with Gasteiger partial charge in [-0.25, -0.2) is 5.84 Å². The Bertz CT molecular complexity index is 630. The first-order valence-electron chi connectivity index (χ1n) is 8.73. The molecule has 1 aliphatic rings. The molecule has 0 aliphatic carbocycles. The lowest BCUT2D eigenvalue weighted by atomic mass is 10.0. The monoisotopic (exact) mass is 364 g/mol. The predicted octanol–water partition coefficient (Wildman–Crippen LogP) is 0.679. The van der Waals surface area contributed by atoms with E-state index in [-0.39, 0.29) is 30.7 Å². The van der Waals surface area contributed by atoms with Gasteiger partial charge in [0.15, 0.2) is 11.5 Å². The molecule has 1 heterocycles. The van der Waals surface area contributed by atoms with E-state index < -0.39 is 0 Å². The van der Waals surface area contributed by atoms with Gasteiger partial charge in [0.05, 0.1) is 14.2 Å². The second-order valence-electron chi connectivity index (χ2n) is 6.27. The van der Waals surface area contributed by atoms with Crippen LogP contribution in [0.4, 0.5) is 0 Å². The van der Waals surface area contributed by atoms with Crippen LogP contribution in [0.3, 0.4) is 0 Å². The normalized spacial score (nSPS) is 16.1. The molecule has 2 amide bonds. The van der Waals surface area contributed by atoms with Gasteiger partial charge in [0.1, 0.15) is 0 Å². The third kappa shape index (κ3) is 4.86. The summed E-state index contributed by atoms with van der Waals surface area (Å²) in [7, 11) is 3.25. The lowest BCUT2D eigenvalue weighted by Crippen LogP contribution is -2.49. The SMILES string of the molecule is COc1ccc(C(C)N2CCN(C(=O)CCC(=O)NN)CC2)cc1OC. The van der Waals surface area contributed by atoms with Gasteiger partial charge >= 0.3 is 0 Å². The van der Waals surface area contributed by atoms with Crippen molar-refractivity contribution in [2.24, 2.45) is 5.84 Å². The van der Waals surface area contributed by atoms with Gasteiger partial charge in [0.25, 0.3) is 0 Å². The fourth-order valence-corrected chi connectivity index (χ4v) is 3.13. The number of methoxy groups -OCH3 is 2. The van der Waals surface area contributed by atoms with Crippen LogP contribution in [-0.4, -0.2) is 62.0 Å². The molecule has 2 rings (SSSR count). The van der Waals surface area contributed by atoms with Gasteiger partial charge in [-0.15, -0.1) is 0 Å². The Morgan fingerprint density at radius 1 is 1.12 bits per heavy atom. The van der Waals surface area contributed by atoms with Crippen molar-refractivity contribution in [2.75, 3.05) is 40.4 Å². The van der Waals surface area contributed by atoms with E-state index in [1.807, 2.05) is 28.5 Å². The molecular weight excluding hydrogens is 336 g/mol. The number of nitrogens with two attached hydrogens (primary N) is 1. The molecule has 0 radical (unpaired) electrons. The van der Waals surface area contributed by atoms with Crippen molar-refractivity contribution in [1.82, 2.24) is 15.2 Å². The van der Waals surface area contributed by atoms with Gasteiger partial charge in [-0.3, -0.25) is 19.9 Å². The number of nitrogens with zero attached hydrogens (tertiary/aromatic N) is 2. The number of benzene rings is 1. The Morgan fingerprint density at radius 3 is 2.35 bits per heavy atom. The van der Waals surface area contributed by atoms with Crippen LogP contribution < -0.4 is 20.7 Å². The summed E-state index contributed by atoms with van der Waals surface area (Å²) in [6, 6.07) is 6.14. The van der Waals surface area contributed by atoms with Crippen LogP contribution in [0.5, 0.6) is 11.5 Å². The van der Waals surface area contributed by atoms with Crippen LogP contribution in [-0.2, 0) is 9.59 Å². The largest absolute Gasteiger partial charge is 0.493 e. The van der Waals surface area contributed by atoms with Crippen molar-refractivity contribution in [2.45, 2.75) is 25.8 Å². The molecule has 1 saturated heterocycles. The van der Waals surface area contributed by atoms with Gasteiger partial charge in [-0.2, -0.15) is 0 Å². The second kappa shape index (κ2) is 9.40. The van der Waals surface area contributed by atoms with E-state index in [2.05, 4.69) is 11.8 Å². The number of hydrazine groups is 1. The molecule has 1 unspecified atom stereocenters. The molecule has 0 spiro atoms. The first-order chi connectivity index (χ1) is 12.5. The molecule has 1 aromatic rings. The third-order valence-electron chi connectivity index (χ3n) is 4.83. The number of carbonyl (C=O) groups is 2. The van der Waals surface area contributed by atoms with E-state index >= 15 is 0 Å². The van der Waals surface area contributed by atoms with E-state index in [0.29, 0.717) is 24.6 Å². The van der Waals surface area contributed by atoms with E-state index in [1.54, 1.807) is 14.2 Å². The van der Waals surface area contributed by atoms with Crippen molar-refractivity contribution in [1.29, 1.82) is 0 Å². The summed E-state index contributed by atoms with van der Waals surface area (Å²) < 4.78 is 10.7. The van der Waals surface area contributed by atoms with Gasteiger partial charge in [0, 0.05) is 45.1 Å². The van der Waals surface area contributed by atoms with Gasteiger partial charge in [0.2, 0.25) is 11.8 Å². The quantitative estimate of drug-likeness (QED) is 0.420. The Morgan fingerprint density at radius 2 is 1.77 bits per heavy atom. The van der Waals surface area contributed by atoms with Crippen molar-refractivity contribution in [3.8, 4) is 11.5 Å². The first-order valence-corrected chi connectivity index (χ1v) is 8.73. The standard InChI is InChI=1S/C18H28N4O4/c1-13(14-4-5-15(25-2)16(12-14)26-3)21-8-10-22(11-9-21)18(24)7-6-17(23)20-19/h4-5,12-13H,6-11,19H2,1-3H3,(H,20,23). The minimum Gasteiger partial charge on any atom is -0.493 e. The summed E-state index contributed by atoms with van der Waals surface area (Å²) in [5.41, 5.74) is 3.18. The topological polar surface area (TPSA) is 97.1 Å². The van der Waals surface area contributed by atoms with Crippen molar-refractivity contribution in [3.05, 3.63) is 23.8 Å². The highest BCUT2D eigenvalue weighted by atomic mass is 16.5. The fraction of sp³-hybridized carbons (Fsp3) is 0.556. The molecule has 1 aromatic carbocycles. The molecule has 1 fully saturated rings. The Labute approximate surface area is 154 Å². The number of hydrogen-bond donors (Lipinski definition) is 2. The number of rotatable bonds is 7. The van der Waals surface area contributed by atoms with Crippen LogP contribution in [0.25, 0.3) is 0 Å². The Balaban J connectivity index is 1.91. The molecule has 0 aromatic heterocycles. The van der Waals surface area contributed by atoms with E-state index in [0.717, 1.165) is 18.7 Å². The average molecular weight is 364 g/mol. The molecular formula is C18H28N4O4. The molecule has 144 valence electrons. The zero-order valence-electron chi connectivity index (χ0n) is 15.7. The van der Waals surface area contributed by atoms with E-state index in [1.165, 1.54) is 0 Å². The molecule has 3 N–H and O–H groups in total. The zero-order chi connectivity index (χ0) is 19.1.